The largest absolute Gasteiger partial charge is 0.465 e. The first kappa shape index (κ1) is 18.8. The van der Waals surface area contributed by atoms with Gasteiger partial charge in [-0.15, -0.1) is 0 Å². The number of esters is 1. The lowest BCUT2D eigenvalue weighted by Crippen LogP contribution is -2.24. The van der Waals surface area contributed by atoms with Crippen molar-refractivity contribution >= 4 is 23.6 Å². The highest BCUT2D eigenvalue weighted by molar-refractivity contribution is 6.23. The summed E-state index contributed by atoms with van der Waals surface area (Å²) in [6.07, 6.45) is 1.68. The molecule has 2 aliphatic rings. The Morgan fingerprint density at radius 3 is 2.52 bits per heavy atom. The van der Waals surface area contributed by atoms with Crippen LogP contribution >= 0.6 is 0 Å². The summed E-state index contributed by atoms with van der Waals surface area (Å²) in [6, 6.07) is 11.2. The maximum absolute atomic E-state index is 13.3. The molecule has 0 radical (unpaired) electrons. The molecule has 0 saturated carbocycles. The minimum atomic E-state index is -0.547. The Kier molecular flexibility index (Phi) is 4.62. The molecule has 6 heteroatoms. The van der Waals surface area contributed by atoms with Crippen molar-refractivity contribution in [2.45, 2.75) is 20.8 Å². The van der Waals surface area contributed by atoms with Crippen LogP contribution in [0.15, 0.2) is 53.2 Å². The third kappa shape index (κ3) is 3.16. The van der Waals surface area contributed by atoms with Crippen LogP contribution in [0.25, 0.3) is 6.08 Å². The molecule has 6 nitrogen and oxygen atoms in total. The van der Waals surface area contributed by atoms with Crippen molar-refractivity contribution < 1.29 is 23.8 Å². The summed E-state index contributed by atoms with van der Waals surface area (Å²) in [5.74, 6) is 0.440. The Bertz CT molecular complexity index is 1100. The van der Waals surface area contributed by atoms with Gasteiger partial charge in [0.25, 0.3) is 5.91 Å². The first-order chi connectivity index (χ1) is 13.9. The van der Waals surface area contributed by atoms with E-state index in [0.29, 0.717) is 22.9 Å². The number of amides is 1. The number of ether oxygens (including phenoxy) is 3. The molecule has 0 atom stereocenters. The standard InChI is InChI=1S/C23H21NO5/c1-13-5-7-17(9-14(13)2)24-15(3)21(23(26)27-4)18(22(24)25)10-16-6-8-19-20(11-16)29-12-28-19/h5-11H,12H2,1-4H3/b18-10-. The molecule has 0 saturated heterocycles. The molecule has 0 aliphatic carbocycles. The highest BCUT2D eigenvalue weighted by Gasteiger charge is 2.38. The fourth-order valence-electron chi connectivity index (χ4n) is 3.53. The second kappa shape index (κ2) is 7.13. The minimum Gasteiger partial charge on any atom is -0.465 e. The first-order valence-corrected chi connectivity index (χ1v) is 9.23. The number of benzene rings is 2. The molecule has 0 spiro atoms. The molecule has 2 aromatic rings. The van der Waals surface area contributed by atoms with Crippen LogP contribution in [0.2, 0.25) is 0 Å². The Morgan fingerprint density at radius 2 is 1.79 bits per heavy atom. The van der Waals surface area contributed by atoms with E-state index in [-0.39, 0.29) is 23.8 Å². The maximum Gasteiger partial charge on any atom is 0.340 e. The number of carbonyl (C=O) groups is 2. The molecule has 4 rings (SSSR count). The van der Waals surface area contributed by atoms with Crippen molar-refractivity contribution in [2.24, 2.45) is 0 Å². The van der Waals surface area contributed by atoms with Gasteiger partial charge < -0.3 is 14.2 Å². The van der Waals surface area contributed by atoms with Crippen molar-refractivity contribution in [1.29, 1.82) is 0 Å². The van der Waals surface area contributed by atoms with E-state index in [2.05, 4.69) is 0 Å². The van der Waals surface area contributed by atoms with Gasteiger partial charge in [0.05, 0.1) is 18.3 Å². The molecular weight excluding hydrogens is 370 g/mol. The number of nitrogens with zero attached hydrogens (tertiary/aromatic N) is 1. The topological polar surface area (TPSA) is 65.1 Å². The van der Waals surface area contributed by atoms with Crippen molar-refractivity contribution in [1.82, 2.24) is 0 Å². The van der Waals surface area contributed by atoms with Gasteiger partial charge in [-0.25, -0.2) is 4.79 Å². The average molecular weight is 391 g/mol. The number of aryl methyl sites for hydroxylation is 2. The smallest absolute Gasteiger partial charge is 0.340 e. The molecule has 0 N–H and O–H groups in total. The summed E-state index contributed by atoms with van der Waals surface area (Å²) in [5, 5.41) is 0. The van der Waals surface area contributed by atoms with Crippen molar-refractivity contribution in [2.75, 3.05) is 18.8 Å². The van der Waals surface area contributed by atoms with E-state index in [1.807, 2.05) is 38.1 Å². The summed E-state index contributed by atoms with van der Waals surface area (Å²) in [5.41, 5.74) is 4.72. The van der Waals surface area contributed by atoms with E-state index in [4.69, 9.17) is 14.2 Å². The Labute approximate surface area is 169 Å². The van der Waals surface area contributed by atoms with Gasteiger partial charge >= 0.3 is 5.97 Å². The molecule has 1 amide bonds. The SMILES string of the molecule is COC(=O)C1=C(C)N(c2ccc(C)c(C)c2)C(=O)/C1=C\c1ccc2c(c1)OCO2. The Morgan fingerprint density at radius 1 is 1.03 bits per heavy atom. The summed E-state index contributed by atoms with van der Waals surface area (Å²) in [4.78, 5) is 27.4. The Hall–Kier alpha value is -3.54. The summed E-state index contributed by atoms with van der Waals surface area (Å²) in [6.45, 7) is 5.92. The van der Waals surface area contributed by atoms with E-state index in [0.717, 1.165) is 16.7 Å². The molecule has 2 aromatic carbocycles. The van der Waals surface area contributed by atoms with E-state index >= 15 is 0 Å². The lowest BCUT2D eigenvalue weighted by Gasteiger charge is -2.19. The van der Waals surface area contributed by atoms with Crippen molar-refractivity contribution in [3.63, 3.8) is 0 Å². The lowest BCUT2D eigenvalue weighted by atomic mass is 10.0. The number of rotatable bonds is 3. The molecule has 29 heavy (non-hydrogen) atoms. The number of hydrogen-bond acceptors (Lipinski definition) is 5. The lowest BCUT2D eigenvalue weighted by molar-refractivity contribution is -0.136. The predicted octanol–water partition coefficient (Wildman–Crippen LogP) is 3.91. The van der Waals surface area contributed by atoms with Crippen LogP contribution < -0.4 is 14.4 Å². The molecule has 2 heterocycles. The minimum absolute atomic E-state index is 0.168. The number of carbonyl (C=O) groups excluding carboxylic acids is 2. The van der Waals surface area contributed by atoms with Crippen LogP contribution in [0.5, 0.6) is 11.5 Å². The van der Waals surface area contributed by atoms with E-state index < -0.39 is 5.97 Å². The number of methoxy groups -OCH3 is 1. The van der Waals surface area contributed by atoms with Gasteiger partial charge in [-0.1, -0.05) is 12.1 Å². The monoisotopic (exact) mass is 391 g/mol. The zero-order chi connectivity index (χ0) is 20.7. The van der Waals surface area contributed by atoms with Crippen molar-refractivity contribution in [3.8, 4) is 11.5 Å². The van der Waals surface area contributed by atoms with E-state index in [1.54, 1.807) is 30.0 Å². The highest BCUT2D eigenvalue weighted by Crippen LogP contribution is 2.38. The predicted molar refractivity (Wildman–Crippen MR) is 109 cm³/mol. The summed E-state index contributed by atoms with van der Waals surface area (Å²) < 4.78 is 15.7. The Balaban J connectivity index is 1.82. The average Bonchev–Trinajstić information content (AvgIpc) is 3.26. The highest BCUT2D eigenvalue weighted by atomic mass is 16.7. The van der Waals surface area contributed by atoms with Crippen LogP contribution in [0.1, 0.15) is 23.6 Å². The number of hydrogen-bond donors (Lipinski definition) is 0. The van der Waals surface area contributed by atoms with Crippen LogP contribution in [0.4, 0.5) is 5.69 Å². The molecular formula is C23H21NO5. The van der Waals surface area contributed by atoms with Gasteiger partial charge in [0, 0.05) is 11.4 Å². The van der Waals surface area contributed by atoms with Gasteiger partial charge in [0.1, 0.15) is 0 Å². The van der Waals surface area contributed by atoms with E-state index in [9.17, 15) is 9.59 Å². The molecule has 0 fully saturated rings. The van der Waals surface area contributed by atoms with Crippen LogP contribution in [-0.2, 0) is 14.3 Å². The first-order valence-electron chi connectivity index (χ1n) is 9.23. The summed E-state index contributed by atoms with van der Waals surface area (Å²) >= 11 is 0. The zero-order valence-corrected chi connectivity index (χ0v) is 16.7. The number of allylic oxidation sites excluding steroid dienone is 1. The van der Waals surface area contributed by atoms with Crippen LogP contribution in [-0.4, -0.2) is 25.8 Å². The molecule has 0 unspecified atom stereocenters. The van der Waals surface area contributed by atoms with Gasteiger partial charge in [-0.05, 0) is 67.8 Å². The third-order valence-electron chi connectivity index (χ3n) is 5.25. The van der Waals surface area contributed by atoms with Crippen LogP contribution in [0.3, 0.4) is 0 Å². The maximum atomic E-state index is 13.3. The van der Waals surface area contributed by atoms with Gasteiger partial charge in [-0.2, -0.15) is 0 Å². The quantitative estimate of drug-likeness (QED) is 0.586. The second-order valence-electron chi connectivity index (χ2n) is 7.03. The number of fused-ring (bicyclic) bond motifs is 1. The zero-order valence-electron chi connectivity index (χ0n) is 16.7. The van der Waals surface area contributed by atoms with Crippen LogP contribution in [0, 0.1) is 13.8 Å². The molecule has 2 aliphatic heterocycles. The van der Waals surface area contributed by atoms with E-state index in [1.165, 1.54) is 7.11 Å². The van der Waals surface area contributed by atoms with Gasteiger partial charge in [0.15, 0.2) is 11.5 Å². The van der Waals surface area contributed by atoms with Crippen molar-refractivity contribution in [3.05, 3.63) is 69.9 Å². The third-order valence-corrected chi connectivity index (χ3v) is 5.25. The second-order valence-corrected chi connectivity index (χ2v) is 7.03. The summed E-state index contributed by atoms with van der Waals surface area (Å²) in [7, 11) is 1.31. The molecule has 148 valence electrons. The molecule has 0 aromatic heterocycles. The number of anilines is 1. The molecule has 0 bridgehead atoms. The normalized spacial score (nSPS) is 16.8. The van der Waals surface area contributed by atoms with Gasteiger partial charge in [0.2, 0.25) is 6.79 Å². The van der Waals surface area contributed by atoms with Gasteiger partial charge in [-0.3, -0.25) is 9.69 Å². The fourth-order valence-corrected chi connectivity index (χ4v) is 3.53. The fraction of sp³-hybridized carbons (Fsp3) is 0.217.